The summed E-state index contributed by atoms with van der Waals surface area (Å²) in [4.78, 5) is 13.7. The van der Waals surface area contributed by atoms with Gasteiger partial charge in [0.1, 0.15) is 24.4 Å². The molecule has 5 N–H and O–H groups in total. The number of carbonyl (C=O) groups excluding carboxylic acids is 1. The number of aldehydes is 1. The molecule has 0 spiro atoms. The Balaban J connectivity index is 0.000000394. The predicted molar refractivity (Wildman–Crippen MR) is 78.3 cm³/mol. The zero-order chi connectivity index (χ0) is 16.3. The minimum absolute atomic E-state index is 0.0258. The first-order valence-electron chi connectivity index (χ1n) is 5.89. The molecule has 0 radical (unpaired) electrons. The fourth-order valence-corrected chi connectivity index (χ4v) is 1.28. The van der Waals surface area contributed by atoms with E-state index in [0.717, 1.165) is 5.69 Å². The lowest BCUT2D eigenvalue weighted by Crippen LogP contribution is -2.46. The van der Waals surface area contributed by atoms with Crippen molar-refractivity contribution < 1.29 is 30.3 Å². The molecular formula is C13H17NO6S. The number of aliphatic imine (C=N–C) groups is 1. The molecule has 116 valence electrons. The maximum absolute atomic E-state index is 9.90. The lowest BCUT2D eigenvalue weighted by atomic mass is 10.0. The summed E-state index contributed by atoms with van der Waals surface area (Å²) in [6.07, 6.45) is -6.84. The third-order valence-corrected chi connectivity index (χ3v) is 2.44. The maximum Gasteiger partial charge on any atom is 0.151 e. The van der Waals surface area contributed by atoms with Crippen molar-refractivity contribution in [3.63, 3.8) is 0 Å². The van der Waals surface area contributed by atoms with Crippen molar-refractivity contribution >= 4 is 29.4 Å². The van der Waals surface area contributed by atoms with E-state index in [1.165, 1.54) is 0 Å². The van der Waals surface area contributed by atoms with Crippen LogP contribution in [0.5, 0.6) is 0 Å². The molecule has 0 bridgehead atoms. The second-order valence-corrected chi connectivity index (χ2v) is 4.08. The number of isothiocyanates is 1. The number of hydrogen-bond acceptors (Lipinski definition) is 8. The third kappa shape index (κ3) is 7.74. The van der Waals surface area contributed by atoms with Crippen molar-refractivity contribution in [2.45, 2.75) is 24.4 Å². The van der Waals surface area contributed by atoms with Crippen LogP contribution in [0, 0.1) is 0 Å². The lowest BCUT2D eigenvalue weighted by Gasteiger charge is -2.22. The predicted octanol–water partition coefficient (Wildman–Crippen LogP) is -0.958. The monoisotopic (exact) mass is 315 g/mol. The van der Waals surface area contributed by atoms with Crippen molar-refractivity contribution in [1.82, 2.24) is 0 Å². The number of carbonyl (C=O) groups is 1. The van der Waals surface area contributed by atoms with Crippen LogP contribution in [0.3, 0.4) is 0 Å². The van der Waals surface area contributed by atoms with Crippen LogP contribution in [0.4, 0.5) is 5.69 Å². The standard InChI is InChI=1S/C7H5NS.C6H12O6/c9-6-8-7-4-2-1-3-5-7;7-1-3(9)5(11)6(12)4(10)2-8/h1-5H;1,3-6,8-12H,2H2/t;3-,4+,5+,6+/m.0/s1. The highest BCUT2D eigenvalue weighted by atomic mass is 32.1. The van der Waals surface area contributed by atoms with Gasteiger partial charge in [0.15, 0.2) is 6.29 Å². The van der Waals surface area contributed by atoms with Crippen LogP contribution in [-0.4, -0.2) is 68.0 Å². The van der Waals surface area contributed by atoms with Gasteiger partial charge in [0.05, 0.1) is 17.5 Å². The summed E-state index contributed by atoms with van der Waals surface area (Å²) >= 11 is 4.42. The number of thiocarbonyl (C=S) groups is 1. The number of aliphatic hydroxyl groups excluding tert-OH is 5. The Kier molecular flexibility index (Phi) is 10.4. The first-order chi connectivity index (χ1) is 9.97. The molecule has 0 amide bonds. The average molecular weight is 315 g/mol. The maximum atomic E-state index is 9.90. The van der Waals surface area contributed by atoms with Gasteiger partial charge in [-0.2, -0.15) is 4.99 Å². The number of hydrogen-bond donors (Lipinski definition) is 5. The Morgan fingerprint density at radius 1 is 1.14 bits per heavy atom. The molecule has 0 aliphatic heterocycles. The summed E-state index contributed by atoms with van der Waals surface area (Å²) in [5, 5.41) is 45.8. The van der Waals surface area contributed by atoms with Crippen molar-refractivity contribution in [2.75, 3.05) is 6.61 Å². The topological polar surface area (TPSA) is 131 Å². The van der Waals surface area contributed by atoms with E-state index in [9.17, 15) is 4.79 Å². The molecule has 7 nitrogen and oxygen atoms in total. The van der Waals surface area contributed by atoms with Gasteiger partial charge in [0.25, 0.3) is 0 Å². The SMILES string of the molecule is O=C[C@H](O)[C@@H](O)[C@H](O)[C@H](O)CO.S=C=Nc1ccccc1. The average Bonchev–Trinajstić information content (AvgIpc) is 2.53. The van der Waals surface area contributed by atoms with Crippen molar-refractivity contribution in [3.8, 4) is 0 Å². The highest BCUT2D eigenvalue weighted by Crippen LogP contribution is 2.07. The van der Waals surface area contributed by atoms with E-state index in [2.05, 4.69) is 22.4 Å². The Labute approximate surface area is 126 Å². The van der Waals surface area contributed by atoms with Crippen molar-refractivity contribution in [3.05, 3.63) is 30.3 Å². The molecule has 21 heavy (non-hydrogen) atoms. The number of rotatable bonds is 6. The van der Waals surface area contributed by atoms with Gasteiger partial charge >= 0.3 is 0 Å². The van der Waals surface area contributed by atoms with E-state index in [0.29, 0.717) is 0 Å². The van der Waals surface area contributed by atoms with Gasteiger partial charge in [-0.15, -0.1) is 0 Å². The van der Waals surface area contributed by atoms with Gasteiger partial charge in [-0.1, -0.05) is 18.2 Å². The molecule has 1 aromatic carbocycles. The van der Waals surface area contributed by atoms with Crippen LogP contribution in [0.2, 0.25) is 0 Å². The van der Waals surface area contributed by atoms with Gasteiger partial charge in [-0.3, -0.25) is 0 Å². The second-order valence-electron chi connectivity index (χ2n) is 3.90. The van der Waals surface area contributed by atoms with Crippen LogP contribution < -0.4 is 0 Å². The van der Waals surface area contributed by atoms with Crippen LogP contribution in [0.25, 0.3) is 0 Å². The van der Waals surface area contributed by atoms with E-state index in [1.54, 1.807) is 0 Å². The Morgan fingerprint density at radius 3 is 2.14 bits per heavy atom. The molecule has 4 atom stereocenters. The lowest BCUT2D eigenvalue weighted by molar-refractivity contribution is -0.136. The fraction of sp³-hybridized carbons (Fsp3) is 0.385. The van der Waals surface area contributed by atoms with Crippen molar-refractivity contribution in [1.29, 1.82) is 0 Å². The number of para-hydroxylation sites is 1. The van der Waals surface area contributed by atoms with Crippen molar-refractivity contribution in [2.24, 2.45) is 4.99 Å². The van der Waals surface area contributed by atoms with E-state index in [4.69, 9.17) is 25.5 Å². The van der Waals surface area contributed by atoms with Crippen LogP contribution in [0.1, 0.15) is 0 Å². The summed E-state index contributed by atoms with van der Waals surface area (Å²) in [7, 11) is 0. The smallest absolute Gasteiger partial charge is 0.151 e. The second kappa shape index (κ2) is 11.2. The molecule has 0 aliphatic carbocycles. The van der Waals surface area contributed by atoms with E-state index < -0.39 is 31.0 Å². The molecule has 0 saturated heterocycles. The summed E-state index contributed by atoms with van der Waals surface area (Å²) in [5.74, 6) is 0. The molecule has 1 aromatic rings. The summed E-state index contributed by atoms with van der Waals surface area (Å²) in [5.41, 5.74) is 0.854. The highest BCUT2D eigenvalue weighted by Gasteiger charge is 2.29. The van der Waals surface area contributed by atoms with Gasteiger partial charge in [0, 0.05) is 0 Å². The van der Waals surface area contributed by atoms with E-state index in [-0.39, 0.29) is 6.29 Å². The quantitative estimate of drug-likeness (QED) is 0.260. The van der Waals surface area contributed by atoms with E-state index >= 15 is 0 Å². The molecule has 0 unspecified atom stereocenters. The summed E-state index contributed by atoms with van der Waals surface area (Å²) in [6, 6.07) is 9.50. The molecular weight excluding hydrogens is 298 g/mol. The molecule has 0 saturated carbocycles. The van der Waals surface area contributed by atoms with Crippen LogP contribution >= 0.6 is 12.2 Å². The number of nitrogens with zero attached hydrogens (tertiary/aromatic N) is 1. The van der Waals surface area contributed by atoms with Gasteiger partial charge in [-0.25, -0.2) is 0 Å². The Bertz CT molecular complexity index is 451. The molecule has 0 aliphatic rings. The molecule has 8 heteroatoms. The third-order valence-electron chi connectivity index (χ3n) is 2.35. The summed E-state index contributed by atoms with van der Waals surface area (Å²) in [6.45, 7) is -0.760. The van der Waals surface area contributed by atoms with Crippen LogP contribution in [0.15, 0.2) is 35.3 Å². The molecule has 0 fully saturated rings. The Morgan fingerprint density at radius 2 is 1.71 bits per heavy atom. The largest absolute Gasteiger partial charge is 0.394 e. The fourth-order valence-electron chi connectivity index (χ4n) is 1.17. The van der Waals surface area contributed by atoms with E-state index in [1.807, 2.05) is 30.3 Å². The van der Waals surface area contributed by atoms with Gasteiger partial charge in [-0.05, 0) is 24.4 Å². The Hall–Kier alpha value is -1.51. The minimum Gasteiger partial charge on any atom is -0.394 e. The highest BCUT2D eigenvalue weighted by molar-refractivity contribution is 7.78. The zero-order valence-electron chi connectivity index (χ0n) is 11.0. The van der Waals surface area contributed by atoms with Crippen LogP contribution in [-0.2, 0) is 4.79 Å². The first kappa shape index (κ1) is 19.5. The molecule has 1 rings (SSSR count). The first-order valence-corrected chi connectivity index (χ1v) is 6.30. The summed E-state index contributed by atoms with van der Waals surface area (Å²) < 4.78 is 0. The number of benzene rings is 1. The van der Waals surface area contributed by atoms with Gasteiger partial charge < -0.3 is 30.3 Å². The van der Waals surface area contributed by atoms with Gasteiger partial charge in [0.2, 0.25) is 0 Å². The normalized spacial score (nSPS) is 15.5. The molecule has 0 heterocycles. The minimum atomic E-state index is -1.79. The molecule has 0 aromatic heterocycles. The number of aliphatic hydroxyl groups is 5. The zero-order valence-corrected chi connectivity index (χ0v) is 11.8.